The first-order valence-electron chi connectivity index (χ1n) is 10.6. The van der Waals surface area contributed by atoms with Gasteiger partial charge in [0, 0.05) is 6.08 Å². The number of hydrogen-bond donors (Lipinski definition) is 1. The van der Waals surface area contributed by atoms with E-state index in [0.29, 0.717) is 25.7 Å². The molecule has 1 N–H and O–H groups in total. The Hall–Kier alpha value is -1.98. The lowest BCUT2D eigenvalue weighted by Crippen LogP contribution is -2.32. The van der Waals surface area contributed by atoms with Crippen molar-refractivity contribution in [3.8, 4) is 0 Å². The number of carbonyl (C=O) groups excluding carboxylic acids is 2. The third kappa shape index (κ3) is 7.06. The number of aldehydes is 1. The summed E-state index contributed by atoms with van der Waals surface area (Å²) in [5, 5.41) is 9.98. The molecule has 0 spiro atoms. The fraction of sp³-hybridized carbons (Fsp3) is 0.600. The van der Waals surface area contributed by atoms with Gasteiger partial charge in [-0.2, -0.15) is 0 Å². The van der Waals surface area contributed by atoms with Gasteiger partial charge < -0.3 is 14.6 Å². The molecule has 1 aliphatic heterocycles. The quantitative estimate of drug-likeness (QED) is 0.225. The molecule has 166 valence electrons. The van der Waals surface area contributed by atoms with Crippen LogP contribution in [0.15, 0.2) is 47.6 Å². The fourth-order valence-electron chi connectivity index (χ4n) is 3.64. The summed E-state index contributed by atoms with van der Waals surface area (Å²) in [4.78, 5) is 23.8. The third-order valence-corrected chi connectivity index (χ3v) is 5.65. The zero-order valence-corrected chi connectivity index (χ0v) is 19.1. The highest BCUT2D eigenvalue weighted by molar-refractivity contribution is 5.83. The smallest absolute Gasteiger partial charge is 0.331 e. The number of epoxide rings is 1. The zero-order chi connectivity index (χ0) is 22.6. The standard InChI is InChI=1S/C25H36O5/c1-18(2)16-22(27)29-20-11-15-24(5,13-7-12-23(3,4)28)14-10-19(17-26)8-9-21-25(20,6)30-21/h7,10-12,15-17,20-21,28H,8-9,13-14H2,1-6H3/b12-7+,15-11+,19-10+/t20-,21+,24+,25+/m0/s1. The van der Waals surface area contributed by atoms with Crippen molar-refractivity contribution >= 4 is 12.3 Å². The molecular formula is C25H36O5. The molecule has 5 heteroatoms. The van der Waals surface area contributed by atoms with Crippen molar-refractivity contribution in [2.45, 2.75) is 90.6 Å². The summed E-state index contributed by atoms with van der Waals surface area (Å²) in [6.45, 7) is 11.2. The van der Waals surface area contributed by atoms with E-state index in [1.54, 1.807) is 19.9 Å². The SMILES string of the molecule is CC(C)=CC(=O)O[C@H]1/C=C/[C@](C)(C/C=C/C(C)(C)O)C/C=C(/C=O)CC[C@H]2O[C@]12C. The molecule has 0 bridgehead atoms. The fourth-order valence-corrected chi connectivity index (χ4v) is 3.64. The maximum atomic E-state index is 12.3. The number of carbonyl (C=O) groups is 2. The second kappa shape index (κ2) is 9.44. The van der Waals surface area contributed by atoms with Crippen LogP contribution in [0.4, 0.5) is 0 Å². The van der Waals surface area contributed by atoms with Gasteiger partial charge in [-0.3, -0.25) is 4.79 Å². The molecule has 30 heavy (non-hydrogen) atoms. The molecule has 0 amide bonds. The average Bonchev–Trinajstić information content (AvgIpc) is 3.28. The minimum Gasteiger partial charge on any atom is -0.452 e. The van der Waals surface area contributed by atoms with Crippen LogP contribution in [0.5, 0.6) is 0 Å². The largest absolute Gasteiger partial charge is 0.452 e. The number of esters is 1. The van der Waals surface area contributed by atoms with Gasteiger partial charge in [-0.15, -0.1) is 0 Å². The number of rotatable bonds is 6. The predicted octanol–water partition coefficient (Wildman–Crippen LogP) is 4.61. The molecule has 1 fully saturated rings. The van der Waals surface area contributed by atoms with E-state index in [9.17, 15) is 14.7 Å². The Morgan fingerprint density at radius 3 is 2.67 bits per heavy atom. The average molecular weight is 417 g/mol. The maximum Gasteiger partial charge on any atom is 0.331 e. The predicted molar refractivity (Wildman–Crippen MR) is 118 cm³/mol. The summed E-state index contributed by atoms with van der Waals surface area (Å²) in [6, 6.07) is 0. The van der Waals surface area contributed by atoms with Gasteiger partial charge in [-0.05, 0) is 77.4 Å². The normalized spacial score (nSPS) is 34.7. The van der Waals surface area contributed by atoms with Crippen LogP contribution in [-0.2, 0) is 19.1 Å². The van der Waals surface area contributed by atoms with Crippen LogP contribution in [-0.4, -0.2) is 40.8 Å². The van der Waals surface area contributed by atoms with Crippen molar-refractivity contribution in [1.82, 2.24) is 0 Å². The summed E-state index contributed by atoms with van der Waals surface area (Å²) in [7, 11) is 0. The molecule has 0 aromatic carbocycles. The van der Waals surface area contributed by atoms with Gasteiger partial charge in [0.15, 0.2) is 6.10 Å². The Morgan fingerprint density at radius 2 is 2.07 bits per heavy atom. The Labute approximate surface area is 180 Å². The lowest BCUT2D eigenvalue weighted by atomic mass is 9.81. The second-order valence-electron chi connectivity index (χ2n) is 9.78. The number of fused-ring (bicyclic) bond motifs is 1. The molecule has 0 aromatic heterocycles. The van der Waals surface area contributed by atoms with Crippen molar-refractivity contribution < 1.29 is 24.2 Å². The van der Waals surface area contributed by atoms with E-state index < -0.39 is 17.3 Å². The van der Waals surface area contributed by atoms with Crippen molar-refractivity contribution in [2.75, 3.05) is 0 Å². The van der Waals surface area contributed by atoms with E-state index in [1.807, 2.05) is 39.0 Å². The third-order valence-electron chi connectivity index (χ3n) is 5.65. The van der Waals surface area contributed by atoms with Crippen molar-refractivity contribution in [3.63, 3.8) is 0 Å². The van der Waals surface area contributed by atoms with Gasteiger partial charge in [0.1, 0.15) is 11.9 Å². The second-order valence-corrected chi connectivity index (χ2v) is 9.78. The zero-order valence-electron chi connectivity index (χ0n) is 19.1. The molecule has 4 atom stereocenters. The molecule has 1 saturated heterocycles. The molecule has 0 aromatic rings. The Morgan fingerprint density at radius 1 is 1.37 bits per heavy atom. The van der Waals surface area contributed by atoms with Crippen LogP contribution in [0.2, 0.25) is 0 Å². The molecule has 0 radical (unpaired) electrons. The van der Waals surface area contributed by atoms with Crippen LogP contribution in [0.1, 0.15) is 67.2 Å². The summed E-state index contributed by atoms with van der Waals surface area (Å²) in [5.74, 6) is -0.384. The van der Waals surface area contributed by atoms with Crippen molar-refractivity contribution in [1.29, 1.82) is 0 Å². The molecule has 0 unspecified atom stereocenters. The molecule has 1 heterocycles. The highest BCUT2D eigenvalue weighted by Crippen LogP contribution is 2.45. The van der Waals surface area contributed by atoms with Crippen LogP contribution in [0, 0.1) is 5.41 Å². The van der Waals surface area contributed by atoms with E-state index in [4.69, 9.17) is 9.47 Å². The van der Waals surface area contributed by atoms with Gasteiger partial charge >= 0.3 is 5.97 Å². The topological polar surface area (TPSA) is 76.1 Å². The van der Waals surface area contributed by atoms with Gasteiger partial charge in [0.25, 0.3) is 0 Å². The Bertz CT molecular complexity index is 763. The highest BCUT2D eigenvalue weighted by Gasteiger charge is 2.58. The lowest BCUT2D eigenvalue weighted by Gasteiger charge is -2.26. The number of allylic oxidation sites excluding steroid dienone is 5. The number of ether oxygens (including phenoxy) is 2. The van der Waals surface area contributed by atoms with Crippen LogP contribution in [0.25, 0.3) is 0 Å². The summed E-state index contributed by atoms with van der Waals surface area (Å²) >= 11 is 0. The van der Waals surface area contributed by atoms with E-state index in [2.05, 4.69) is 13.0 Å². The maximum absolute atomic E-state index is 12.3. The van der Waals surface area contributed by atoms with Crippen LogP contribution in [0.3, 0.4) is 0 Å². The van der Waals surface area contributed by atoms with E-state index in [-0.39, 0.29) is 17.5 Å². The van der Waals surface area contributed by atoms with Gasteiger partial charge in [-0.25, -0.2) is 4.79 Å². The summed E-state index contributed by atoms with van der Waals surface area (Å²) < 4.78 is 11.7. The van der Waals surface area contributed by atoms with Crippen molar-refractivity contribution in [3.05, 3.63) is 47.6 Å². The first-order chi connectivity index (χ1) is 13.9. The molecule has 2 aliphatic rings. The minimum absolute atomic E-state index is 0.0607. The molecular weight excluding hydrogens is 380 g/mol. The Kier molecular flexibility index (Phi) is 7.64. The molecule has 2 rings (SSSR count). The molecule has 1 aliphatic carbocycles. The van der Waals surface area contributed by atoms with Crippen LogP contribution < -0.4 is 0 Å². The van der Waals surface area contributed by atoms with E-state index in [0.717, 1.165) is 17.4 Å². The first-order valence-corrected chi connectivity index (χ1v) is 10.6. The van der Waals surface area contributed by atoms with E-state index >= 15 is 0 Å². The summed E-state index contributed by atoms with van der Waals surface area (Å²) in [5.41, 5.74) is -0.145. The number of aliphatic hydroxyl groups is 1. The number of hydrogen-bond acceptors (Lipinski definition) is 5. The lowest BCUT2D eigenvalue weighted by molar-refractivity contribution is -0.143. The van der Waals surface area contributed by atoms with Crippen LogP contribution >= 0.6 is 0 Å². The molecule has 0 saturated carbocycles. The van der Waals surface area contributed by atoms with Gasteiger partial charge in [0.2, 0.25) is 0 Å². The summed E-state index contributed by atoms with van der Waals surface area (Å²) in [6.07, 6.45) is 14.2. The highest BCUT2D eigenvalue weighted by atomic mass is 16.6. The first kappa shape index (κ1) is 24.3. The van der Waals surface area contributed by atoms with E-state index in [1.165, 1.54) is 6.08 Å². The molecule has 5 nitrogen and oxygen atoms in total. The van der Waals surface area contributed by atoms with Gasteiger partial charge in [-0.1, -0.05) is 36.8 Å². The minimum atomic E-state index is -0.887. The monoisotopic (exact) mass is 416 g/mol. The Balaban J connectivity index is 2.33. The van der Waals surface area contributed by atoms with Crippen molar-refractivity contribution in [2.24, 2.45) is 5.41 Å². The van der Waals surface area contributed by atoms with Gasteiger partial charge in [0.05, 0.1) is 11.7 Å².